The van der Waals surface area contributed by atoms with Crippen LogP contribution in [0.4, 0.5) is 17.1 Å². The highest BCUT2D eigenvalue weighted by Gasteiger charge is 2.19. The van der Waals surface area contributed by atoms with E-state index in [4.69, 9.17) is 11.6 Å². The summed E-state index contributed by atoms with van der Waals surface area (Å²) in [5.41, 5.74) is 0.876. The molecule has 0 spiro atoms. The van der Waals surface area contributed by atoms with Gasteiger partial charge in [-0.05, 0) is 72.8 Å². The van der Waals surface area contributed by atoms with Crippen LogP contribution in [0.15, 0.2) is 113 Å². The first-order chi connectivity index (χ1) is 17.1. The maximum Gasteiger partial charge on any atom is 0.261 e. The number of amides is 1. The van der Waals surface area contributed by atoms with Gasteiger partial charge in [-0.2, -0.15) is 0 Å². The third kappa shape index (κ3) is 6.03. The van der Waals surface area contributed by atoms with Gasteiger partial charge in [0.05, 0.1) is 21.0 Å². The molecule has 36 heavy (non-hydrogen) atoms. The third-order valence-corrected chi connectivity index (χ3v) is 8.02. The number of anilines is 3. The van der Waals surface area contributed by atoms with Gasteiger partial charge in [-0.1, -0.05) is 41.9 Å². The number of rotatable bonds is 8. The molecule has 0 aliphatic rings. The van der Waals surface area contributed by atoms with E-state index in [2.05, 4.69) is 14.8 Å². The van der Waals surface area contributed by atoms with E-state index in [-0.39, 0.29) is 21.0 Å². The van der Waals surface area contributed by atoms with Crippen LogP contribution < -0.4 is 14.8 Å². The Balaban J connectivity index is 1.49. The molecule has 0 aliphatic carbocycles. The number of halogens is 1. The van der Waals surface area contributed by atoms with Crippen molar-refractivity contribution >= 4 is 54.6 Å². The minimum absolute atomic E-state index is 0.00790. The molecule has 0 fully saturated rings. The first-order valence-electron chi connectivity index (χ1n) is 10.5. The fourth-order valence-corrected chi connectivity index (χ4v) is 5.51. The van der Waals surface area contributed by atoms with Crippen molar-refractivity contribution in [2.45, 2.75) is 9.79 Å². The average Bonchev–Trinajstić information content (AvgIpc) is 2.86. The zero-order chi connectivity index (χ0) is 25.8. The normalized spacial score (nSPS) is 11.5. The fraction of sp³-hybridized carbons (Fsp3) is 0. The molecule has 4 aromatic rings. The second-order valence-electron chi connectivity index (χ2n) is 7.56. The number of nitrogens with one attached hydrogen (secondary N) is 3. The van der Waals surface area contributed by atoms with Gasteiger partial charge in [0, 0.05) is 16.4 Å². The minimum Gasteiger partial charge on any atom is -0.322 e. The van der Waals surface area contributed by atoms with Crippen LogP contribution >= 0.6 is 11.6 Å². The number of carbonyl (C=O) groups excluding carboxylic acids is 1. The predicted octanol–water partition coefficient (Wildman–Crippen LogP) is 5.19. The van der Waals surface area contributed by atoms with Crippen LogP contribution in [0.3, 0.4) is 0 Å². The van der Waals surface area contributed by atoms with Crippen molar-refractivity contribution in [3.05, 3.63) is 114 Å². The lowest BCUT2D eigenvalue weighted by molar-refractivity contribution is 0.102. The molecule has 4 rings (SSSR count). The lowest BCUT2D eigenvalue weighted by atomic mass is 10.1. The predicted molar refractivity (Wildman–Crippen MR) is 140 cm³/mol. The number of carbonyl (C=O) groups is 1. The van der Waals surface area contributed by atoms with E-state index in [0.717, 1.165) is 0 Å². The maximum atomic E-state index is 12.9. The van der Waals surface area contributed by atoms with Crippen LogP contribution in [0, 0.1) is 0 Å². The maximum absolute atomic E-state index is 12.9. The van der Waals surface area contributed by atoms with Gasteiger partial charge >= 0.3 is 0 Å². The summed E-state index contributed by atoms with van der Waals surface area (Å²) in [4.78, 5) is 13.0. The first-order valence-corrected chi connectivity index (χ1v) is 13.9. The van der Waals surface area contributed by atoms with Crippen molar-refractivity contribution in [3.63, 3.8) is 0 Å². The van der Waals surface area contributed by atoms with Gasteiger partial charge in [0.15, 0.2) is 0 Å². The standard InChI is InChI=1S/C25H20ClN3O5S2/c26-18-10-12-20(13-11-18)28-35(31,32)22-16-14-19(15-17-22)27-25(30)23-8-4-5-9-24(23)29-36(33,34)21-6-2-1-3-7-21/h1-17,28-29H,(H,27,30). The zero-order valence-electron chi connectivity index (χ0n) is 18.6. The molecular formula is C25H20ClN3O5S2. The van der Waals surface area contributed by atoms with Crippen LogP contribution in [-0.2, 0) is 20.0 Å². The summed E-state index contributed by atoms with van der Waals surface area (Å²) in [7, 11) is -7.76. The molecule has 0 aromatic heterocycles. The molecule has 0 atom stereocenters. The Bertz CT molecular complexity index is 1590. The van der Waals surface area contributed by atoms with Gasteiger partial charge in [-0.25, -0.2) is 16.8 Å². The molecule has 1 amide bonds. The highest BCUT2D eigenvalue weighted by molar-refractivity contribution is 7.93. The molecule has 0 saturated carbocycles. The Labute approximate surface area is 214 Å². The van der Waals surface area contributed by atoms with E-state index >= 15 is 0 Å². The molecular weight excluding hydrogens is 522 g/mol. The van der Waals surface area contributed by atoms with Gasteiger partial charge in [0.25, 0.3) is 26.0 Å². The highest BCUT2D eigenvalue weighted by atomic mass is 35.5. The van der Waals surface area contributed by atoms with E-state index in [1.165, 1.54) is 60.7 Å². The van der Waals surface area contributed by atoms with Crippen molar-refractivity contribution in [2.24, 2.45) is 0 Å². The molecule has 0 bridgehead atoms. The lowest BCUT2D eigenvalue weighted by Gasteiger charge is -2.13. The summed E-state index contributed by atoms with van der Waals surface area (Å²) in [6.07, 6.45) is 0. The smallest absolute Gasteiger partial charge is 0.261 e. The number of para-hydroxylation sites is 1. The Kier molecular flexibility index (Phi) is 7.30. The number of benzene rings is 4. The van der Waals surface area contributed by atoms with Gasteiger partial charge < -0.3 is 5.32 Å². The minimum atomic E-state index is -3.90. The summed E-state index contributed by atoms with van der Waals surface area (Å²) in [6.45, 7) is 0. The van der Waals surface area contributed by atoms with Crippen molar-refractivity contribution in [1.82, 2.24) is 0 Å². The van der Waals surface area contributed by atoms with Crippen molar-refractivity contribution in [1.29, 1.82) is 0 Å². The van der Waals surface area contributed by atoms with Crippen LogP contribution in [0.25, 0.3) is 0 Å². The summed E-state index contributed by atoms with van der Waals surface area (Å²) >= 11 is 5.83. The second-order valence-corrected chi connectivity index (χ2v) is 11.4. The van der Waals surface area contributed by atoms with Crippen molar-refractivity contribution in [2.75, 3.05) is 14.8 Å². The molecule has 3 N–H and O–H groups in total. The van der Waals surface area contributed by atoms with E-state index in [0.29, 0.717) is 16.4 Å². The average molecular weight is 542 g/mol. The Morgan fingerprint density at radius 3 is 1.78 bits per heavy atom. The fourth-order valence-electron chi connectivity index (χ4n) is 3.22. The van der Waals surface area contributed by atoms with Crippen LogP contribution in [0.2, 0.25) is 5.02 Å². The summed E-state index contributed by atoms with van der Waals surface area (Å²) in [5, 5.41) is 3.13. The lowest BCUT2D eigenvalue weighted by Crippen LogP contribution is -2.18. The van der Waals surface area contributed by atoms with Crippen LogP contribution in [0.1, 0.15) is 10.4 Å². The quantitative estimate of drug-likeness (QED) is 0.283. The topological polar surface area (TPSA) is 121 Å². The summed E-state index contributed by atoms with van der Waals surface area (Å²) in [6, 6.07) is 25.7. The molecule has 0 aliphatic heterocycles. The largest absolute Gasteiger partial charge is 0.322 e. The Morgan fingerprint density at radius 2 is 1.11 bits per heavy atom. The Hall–Kier alpha value is -3.86. The van der Waals surface area contributed by atoms with E-state index in [1.807, 2.05) is 0 Å². The molecule has 0 radical (unpaired) electrons. The summed E-state index contributed by atoms with van der Waals surface area (Å²) in [5.74, 6) is -0.573. The monoisotopic (exact) mass is 541 g/mol. The molecule has 8 nitrogen and oxygen atoms in total. The van der Waals surface area contributed by atoms with E-state index in [9.17, 15) is 21.6 Å². The molecule has 184 valence electrons. The van der Waals surface area contributed by atoms with Crippen LogP contribution in [-0.4, -0.2) is 22.7 Å². The third-order valence-electron chi connectivity index (χ3n) is 4.99. The Morgan fingerprint density at radius 1 is 0.583 bits per heavy atom. The number of hydrogen-bond acceptors (Lipinski definition) is 5. The number of hydrogen-bond donors (Lipinski definition) is 3. The highest BCUT2D eigenvalue weighted by Crippen LogP contribution is 2.23. The van der Waals surface area contributed by atoms with Crippen molar-refractivity contribution < 1.29 is 21.6 Å². The molecule has 0 heterocycles. The van der Waals surface area contributed by atoms with E-state index in [1.54, 1.807) is 42.5 Å². The molecule has 0 saturated heterocycles. The van der Waals surface area contributed by atoms with Gasteiger partial charge in [0.1, 0.15) is 0 Å². The zero-order valence-corrected chi connectivity index (χ0v) is 20.9. The molecule has 0 unspecified atom stereocenters. The molecule has 11 heteroatoms. The molecule has 4 aromatic carbocycles. The van der Waals surface area contributed by atoms with Gasteiger partial charge in [-0.15, -0.1) is 0 Å². The summed E-state index contributed by atoms with van der Waals surface area (Å²) < 4.78 is 55.6. The van der Waals surface area contributed by atoms with Gasteiger partial charge in [-0.3, -0.25) is 14.2 Å². The second kappa shape index (κ2) is 10.4. The number of sulfonamides is 2. The SMILES string of the molecule is O=C(Nc1ccc(S(=O)(=O)Nc2ccc(Cl)cc2)cc1)c1ccccc1NS(=O)(=O)c1ccccc1. The van der Waals surface area contributed by atoms with E-state index < -0.39 is 26.0 Å². The van der Waals surface area contributed by atoms with Gasteiger partial charge in [0.2, 0.25) is 0 Å². The van der Waals surface area contributed by atoms with Crippen LogP contribution in [0.5, 0.6) is 0 Å². The first kappa shape index (κ1) is 25.2. The van der Waals surface area contributed by atoms with Crippen molar-refractivity contribution in [3.8, 4) is 0 Å².